The van der Waals surface area contributed by atoms with Crippen molar-refractivity contribution in [3.05, 3.63) is 87.9 Å². The summed E-state index contributed by atoms with van der Waals surface area (Å²) >= 11 is 6.23. The van der Waals surface area contributed by atoms with E-state index in [-0.39, 0.29) is 31.4 Å². The van der Waals surface area contributed by atoms with Crippen LogP contribution in [0.5, 0.6) is 11.5 Å². The number of fused-ring (bicyclic) bond motifs is 1. The van der Waals surface area contributed by atoms with Crippen LogP contribution in [0.4, 0.5) is 10.5 Å². The SMILES string of the molecule is CC[C@@H](C)Oc1cc2c(cc1OC)CC(=O)N(c1ccc(C(=O)N3C[C@@H](O)C[C@H]3OC(=O)NC)cc1)C2c1ccc(Cl)cc1. The highest BCUT2D eigenvalue weighted by Crippen LogP contribution is 2.44. The first-order valence-electron chi connectivity index (χ1n) is 14.6. The number of halogens is 1. The number of aliphatic hydroxyl groups is 1. The lowest BCUT2D eigenvalue weighted by atomic mass is 9.86. The van der Waals surface area contributed by atoms with Crippen LogP contribution >= 0.6 is 11.6 Å². The summed E-state index contributed by atoms with van der Waals surface area (Å²) in [6.45, 7) is 4.07. The molecule has 11 heteroatoms. The fourth-order valence-electron chi connectivity index (χ4n) is 5.59. The zero-order valence-electron chi connectivity index (χ0n) is 25.1. The number of carbonyl (C=O) groups excluding carboxylic acids is 3. The van der Waals surface area contributed by atoms with Crippen LogP contribution in [0.1, 0.15) is 59.8 Å². The van der Waals surface area contributed by atoms with Crippen LogP contribution in [-0.2, 0) is 16.0 Å². The first kappa shape index (κ1) is 31.2. The number of rotatable bonds is 8. The molecule has 0 aromatic heterocycles. The molecule has 0 saturated carbocycles. The maximum atomic E-state index is 13.8. The number of methoxy groups -OCH3 is 1. The molecule has 0 bridgehead atoms. The quantitative estimate of drug-likeness (QED) is 0.360. The average molecular weight is 622 g/mol. The molecule has 1 saturated heterocycles. The Labute approximate surface area is 261 Å². The Balaban J connectivity index is 1.52. The number of β-amino-alcohol motifs (C(OH)–C–C–N with tert-alkyl or cyclic N) is 1. The predicted octanol–water partition coefficient (Wildman–Crippen LogP) is 5.09. The Morgan fingerprint density at radius 1 is 1.09 bits per heavy atom. The number of ether oxygens (including phenoxy) is 3. The molecule has 3 aromatic rings. The van der Waals surface area contributed by atoms with Crippen molar-refractivity contribution in [2.24, 2.45) is 0 Å². The van der Waals surface area contributed by atoms with Crippen LogP contribution in [0, 0.1) is 0 Å². The minimum Gasteiger partial charge on any atom is -0.493 e. The van der Waals surface area contributed by atoms with Gasteiger partial charge >= 0.3 is 6.09 Å². The molecule has 1 unspecified atom stereocenters. The second-order valence-corrected chi connectivity index (χ2v) is 11.4. The highest BCUT2D eigenvalue weighted by molar-refractivity contribution is 6.30. The largest absolute Gasteiger partial charge is 0.493 e. The lowest BCUT2D eigenvalue weighted by Gasteiger charge is -2.38. The van der Waals surface area contributed by atoms with Crippen molar-refractivity contribution >= 4 is 35.2 Å². The second kappa shape index (κ2) is 13.2. The monoisotopic (exact) mass is 621 g/mol. The fourth-order valence-corrected chi connectivity index (χ4v) is 5.72. The van der Waals surface area contributed by atoms with Crippen LogP contribution in [-0.4, -0.2) is 67.1 Å². The number of nitrogens with zero attached hydrogens (tertiary/aromatic N) is 2. The summed E-state index contributed by atoms with van der Waals surface area (Å²) in [7, 11) is 3.00. The summed E-state index contributed by atoms with van der Waals surface area (Å²) < 4.78 is 17.1. The van der Waals surface area contributed by atoms with E-state index in [4.69, 9.17) is 25.8 Å². The number of carbonyl (C=O) groups is 3. The Kier molecular flexibility index (Phi) is 9.31. The summed E-state index contributed by atoms with van der Waals surface area (Å²) in [5.74, 6) is 0.631. The Hall–Kier alpha value is -4.28. The van der Waals surface area contributed by atoms with E-state index < -0.39 is 30.4 Å². The number of benzene rings is 3. The molecule has 3 amide bonds. The van der Waals surface area contributed by atoms with Crippen molar-refractivity contribution in [1.29, 1.82) is 0 Å². The van der Waals surface area contributed by atoms with Gasteiger partial charge in [-0.3, -0.25) is 9.59 Å². The van der Waals surface area contributed by atoms with E-state index in [0.717, 1.165) is 23.1 Å². The van der Waals surface area contributed by atoms with Gasteiger partial charge in [0.15, 0.2) is 17.7 Å². The van der Waals surface area contributed by atoms with Gasteiger partial charge in [0.1, 0.15) is 0 Å². The van der Waals surface area contributed by atoms with Gasteiger partial charge in [0.05, 0.1) is 38.3 Å². The maximum Gasteiger partial charge on any atom is 0.408 e. The topological polar surface area (TPSA) is 118 Å². The molecule has 5 rings (SSSR count). The van der Waals surface area contributed by atoms with E-state index in [1.165, 1.54) is 11.9 Å². The standard InChI is InChI=1S/C33H36ClN3O7/c1-5-19(2)43-28-17-26-22(14-27(28)42-4)15-29(39)37(31(26)20-6-10-23(34)11-7-20)24-12-8-21(9-13-24)32(40)36-18-25(38)16-30(36)44-33(41)35-3/h6-14,17,19,25,30-31,38H,5,15-16,18H2,1-4H3,(H,35,41)/t19-,25+,30-,31?/m1/s1. The summed E-state index contributed by atoms with van der Waals surface area (Å²) in [4.78, 5) is 42.1. The third kappa shape index (κ3) is 6.32. The number of alkyl carbamates (subject to hydrolysis) is 1. The number of aliphatic hydroxyl groups excluding tert-OH is 1. The zero-order valence-corrected chi connectivity index (χ0v) is 25.8. The maximum absolute atomic E-state index is 13.8. The summed E-state index contributed by atoms with van der Waals surface area (Å²) in [5, 5.41) is 13.1. The molecule has 0 radical (unpaired) electrons. The Bertz CT molecular complexity index is 1530. The van der Waals surface area contributed by atoms with Gasteiger partial charge in [-0.25, -0.2) is 4.79 Å². The number of hydrogen-bond donors (Lipinski definition) is 2. The summed E-state index contributed by atoms with van der Waals surface area (Å²) in [6.07, 6.45) is -1.36. The summed E-state index contributed by atoms with van der Waals surface area (Å²) in [5.41, 5.74) is 3.50. The molecule has 4 atom stereocenters. The summed E-state index contributed by atoms with van der Waals surface area (Å²) in [6, 6.07) is 17.4. The van der Waals surface area contributed by atoms with Crippen LogP contribution in [0.2, 0.25) is 5.02 Å². The van der Waals surface area contributed by atoms with Crippen LogP contribution in [0.15, 0.2) is 60.7 Å². The predicted molar refractivity (Wildman–Crippen MR) is 165 cm³/mol. The molecule has 2 heterocycles. The molecule has 1 fully saturated rings. The highest BCUT2D eigenvalue weighted by atomic mass is 35.5. The highest BCUT2D eigenvalue weighted by Gasteiger charge is 2.39. The number of hydrogen-bond acceptors (Lipinski definition) is 7. The third-order valence-electron chi connectivity index (χ3n) is 8.01. The normalized spacial score (nSPS) is 20.1. The van der Waals surface area contributed by atoms with Gasteiger partial charge in [-0.2, -0.15) is 0 Å². The average Bonchev–Trinajstić information content (AvgIpc) is 3.39. The smallest absolute Gasteiger partial charge is 0.408 e. The van der Waals surface area contributed by atoms with Crippen LogP contribution in [0.3, 0.4) is 0 Å². The molecule has 0 spiro atoms. The molecular weight excluding hydrogens is 586 g/mol. The van der Waals surface area contributed by atoms with Gasteiger partial charge in [0, 0.05) is 29.7 Å². The number of anilines is 1. The van der Waals surface area contributed by atoms with Crippen molar-refractivity contribution in [3.8, 4) is 11.5 Å². The lowest BCUT2D eigenvalue weighted by molar-refractivity contribution is -0.118. The molecule has 2 aliphatic rings. The molecule has 2 aliphatic heterocycles. The molecule has 0 aliphatic carbocycles. The van der Waals surface area contributed by atoms with Crippen LogP contribution < -0.4 is 19.7 Å². The molecule has 232 valence electrons. The van der Waals surface area contributed by atoms with Gasteiger partial charge in [-0.05, 0) is 78.6 Å². The van der Waals surface area contributed by atoms with E-state index in [2.05, 4.69) is 5.32 Å². The Morgan fingerprint density at radius 2 is 1.80 bits per heavy atom. The zero-order chi connectivity index (χ0) is 31.5. The van der Waals surface area contributed by atoms with E-state index in [9.17, 15) is 19.5 Å². The van der Waals surface area contributed by atoms with Crippen molar-refractivity contribution < 1.29 is 33.7 Å². The molecular formula is C33H36ClN3O7. The number of amides is 3. The van der Waals surface area contributed by atoms with Crippen molar-refractivity contribution in [3.63, 3.8) is 0 Å². The van der Waals surface area contributed by atoms with Gasteiger partial charge in [0.2, 0.25) is 5.91 Å². The van der Waals surface area contributed by atoms with Gasteiger partial charge in [-0.15, -0.1) is 0 Å². The van der Waals surface area contributed by atoms with E-state index in [1.807, 2.05) is 38.1 Å². The molecule has 44 heavy (non-hydrogen) atoms. The van der Waals surface area contributed by atoms with E-state index in [0.29, 0.717) is 27.8 Å². The fraction of sp³-hybridized carbons (Fsp3) is 0.364. The second-order valence-electron chi connectivity index (χ2n) is 10.9. The number of likely N-dealkylation sites (tertiary alicyclic amines) is 1. The minimum absolute atomic E-state index is 0.0345. The first-order valence-corrected chi connectivity index (χ1v) is 14.9. The van der Waals surface area contributed by atoms with Gasteiger partial charge in [0.25, 0.3) is 5.91 Å². The molecule has 10 nitrogen and oxygen atoms in total. The lowest BCUT2D eigenvalue weighted by Crippen LogP contribution is -2.41. The molecule has 2 N–H and O–H groups in total. The Morgan fingerprint density at radius 3 is 2.43 bits per heavy atom. The van der Waals surface area contributed by atoms with Crippen molar-refractivity contribution in [2.75, 3.05) is 25.6 Å². The number of nitrogens with one attached hydrogen (secondary N) is 1. The van der Waals surface area contributed by atoms with Gasteiger partial charge < -0.3 is 34.4 Å². The van der Waals surface area contributed by atoms with Crippen molar-refractivity contribution in [1.82, 2.24) is 10.2 Å². The van der Waals surface area contributed by atoms with Crippen molar-refractivity contribution in [2.45, 2.75) is 57.6 Å². The minimum atomic E-state index is -0.893. The first-order chi connectivity index (χ1) is 21.1. The molecule has 3 aromatic carbocycles. The van der Waals surface area contributed by atoms with E-state index in [1.54, 1.807) is 48.4 Å². The van der Waals surface area contributed by atoms with E-state index >= 15 is 0 Å². The third-order valence-corrected chi connectivity index (χ3v) is 8.26. The van der Waals surface area contributed by atoms with Gasteiger partial charge in [-0.1, -0.05) is 30.7 Å². The van der Waals surface area contributed by atoms with Crippen LogP contribution in [0.25, 0.3) is 0 Å².